The van der Waals surface area contributed by atoms with Crippen LogP contribution in [0.1, 0.15) is 30.1 Å². The van der Waals surface area contributed by atoms with Gasteiger partial charge in [0.1, 0.15) is 0 Å². The highest BCUT2D eigenvalue weighted by atomic mass is 19.4. The van der Waals surface area contributed by atoms with Gasteiger partial charge in [0, 0.05) is 30.9 Å². The van der Waals surface area contributed by atoms with E-state index in [4.69, 9.17) is 0 Å². The molecule has 1 heterocycles. The van der Waals surface area contributed by atoms with Gasteiger partial charge in [0.05, 0.1) is 5.92 Å². The van der Waals surface area contributed by atoms with Crippen molar-refractivity contribution < 1.29 is 18.0 Å². The number of carbonyl (C=O) groups excluding carboxylic acids is 1. The van der Waals surface area contributed by atoms with Crippen LogP contribution in [0.4, 0.5) is 18.9 Å². The molecule has 0 unspecified atom stereocenters. The zero-order chi connectivity index (χ0) is 15.5. The second-order valence-electron chi connectivity index (χ2n) is 5.22. The Morgan fingerprint density at radius 2 is 1.81 bits per heavy atom. The van der Waals surface area contributed by atoms with Crippen molar-refractivity contribution in [1.82, 2.24) is 4.90 Å². The normalized spacial score (nSPS) is 16.9. The van der Waals surface area contributed by atoms with Crippen molar-refractivity contribution in [3.05, 3.63) is 29.8 Å². The molecule has 0 bridgehead atoms. The molecule has 1 saturated heterocycles. The van der Waals surface area contributed by atoms with Gasteiger partial charge < -0.3 is 10.2 Å². The Morgan fingerprint density at radius 3 is 2.29 bits per heavy atom. The fourth-order valence-electron chi connectivity index (χ4n) is 2.53. The molecule has 1 fully saturated rings. The van der Waals surface area contributed by atoms with E-state index in [2.05, 4.69) is 5.32 Å². The van der Waals surface area contributed by atoms with Crippen LogP contribution >= 0.6 is 0 Å². The summed E-state index contributed by atoms with van der Waals surface area (Å²) in [5, 5.41) is 3.13. The SMILES string of the molecule is CCNc1ccc(C(=O)N2CCC(C(F)(F)F)CC2)cc1. The van der Waals surface area contributed by atoms with Gasteiger partial charge in [-0.05, 0) is 44.0 Å². The van der Waals surface area contributed by atoms with Gasteiger partial charge in [-0.2, -0.15) is 13.2 Å². The topological polar surface area (TPSA) is 32.3 Å². The van der Waals surface area contributed by atoms with Gasteiger partial charge in [-0.3, -0.25) is 4.79 Å². The Balaban J connectivity index is 1.95. The number of rotatable bonds is 3. The molecule has 1 aromatic carbocycles. The average Bonchev–Trinajstić information content (AvgIpc) is 2.47. The fraction of sp³-hybridized carbons (Fsp3) is 0.533. The van der Waals surface area contributed by atoms with E-state index in [9.17, 15) is 18.0 Å². The molecular weight excluding hydrogens is 281 g/mol. The molecule has 2 rings (SSSR count). The first-order chi connectivity index (χ1) is 9.91. The van der Waals surface area contributed by atoms with Crippen molar-refractivity contribution in [2.24, 2.45) is 5.92 Å². The smallest absolute Gasteiger partial charge is 0.385 e. The van der Waals surface area contributed by atoms with Gasteiger partial charge in [-0.15, -0.1) is 0 Å². The molecule has 3 nitrogen and oxygen atoms in total. The minimum atomic E-state index is -4.15. The number of likely N-dealkylation sites (tertiary alicyclic amines) is 1. The maximum Gasteiger partial charge on any atom is 0.391 e. The zero-order valence-corrected chi connectivity index (χ0v) is 11.9. The Bertz CT molecular complexity index is 477. The largest absolute Gasteiger partial charge is 0.391 e. The van der Waals surface area contributed by atoms with Crippen LogP contribution in [0.5, 0.6) is 0 Å². The number of anilines is 1. The molecule has 1 N–H and O–H groups in total. The summed E-state index contributed by atoms with van der Waals surface area (Å²) in [6.07, 6.45) is -4.17. The van der Waals surface area contributed by atoms with Gasteiger partial charge in [-0.25, -0.2) is 0 Å². The summed E-state index contributed by atoms with van der Waals surface area (Å²) in [6.45, 7) is 3.10. The van der Waals surface area contributed by atoms with Gasteiger partial charge in [0.2, 0.25) is 0 Å². The van der Waals surface area contributed by atoms with Crippen LogP contribution in [0.2, 0.25) is 0 Å². The third-order valence-corrected chi connectivity index (χ3v) is 3.76. The molecular formula is C15H19F3N2O. The van der Waals surface area contributed by atoms with E-state index in [-0.39, 0.29) is 31.8 Å². The van der Waals surface area contributed by atoms with E-state index in [0.29, 0.717) is 5.56 Å². The van der Waals surface area contributed by atoms with Crippen LogP contribution in [-0.2, 0) is 0 Å². The summed E-state index contributed by atoms with van der Waals surface area (Å²) < 4.78 is 37.8. The molecule has 0 radical (unpaired) electrons. The molecule has 0 aliphatic carbocycles. The Hall–Kier alpha value is -1.72. The van der Waals surface area contributed by atoms with Crippen LogP contribution < -0.4 is 5.32 Å². The summed E-state index contributed by atoms with van der Waals surface area (Å²) in [7, 11) is 0. The van der Waals surface area contributed by atoms with Crippen LogP contribution in [0.25, 0.3) is 0 Å². The number of benzene rings is 1. The lowest BCUT2D eigenvalue weighted by atomic mass is 9.96. The number of nitrogens with zero attached hydrogens (tertiary/aromatic N) is 1. The van der Waals surface area contributed by atoms with E-state index in [0.717, 1.165) is 12.2 Å². The second kappa shape index (κ2) is 6.37. The van der Waals surface area contributed by atoms with E-state index in [1.807, 2.05) is 6.92 Å². The monoisotopic (exact) mass is 300 g/mol. The lowest BCUT2D eigenvalue weighted by molar-refractivity contribution is -0.183. The molecule has 116 valence electrons. The van der Waals surface area contributed by atoms with Crippen molar-refractivity contribution >= 4 is 11.6 Å². The number of hydrogen-bond acceptors (Lipinski definition) is 2. The van der Waals surface area contributed by atoms with Crippen molar-refractivity contribution in [2.75, 3.05) is 25.0 Å². The predicted molar refractivity (Wildman–Crippen MR) is 75.3 cm³/mol. The van der Waals surface area contributed by atoms with E-state index in [1.165, 1.54) is 4.90 Å². The van der Waals surface area contributed by atoms with Gasteiger partial charge >= 0.3 is 6.18 Å². The molecule has 6 heteroatoms. The Morgan fingerprint density at radius 1 is 1.24 bits per heavy atom. The fourth-order valence-corrected chi connectivity index (χ4v) is 2.53. The highest BCUT2D eigenvalue weighted by molar-refractivity contribution is 5.94. The van der Waals surface area contributed by atoms with Crippen molar-refractivity contribution in [1.29, 1.82) is 0 Å². The van der Waals surface area contributed by atoms with E-state index < -0.39 is 12.1 Å². The lowest BCUT2D eigenvalue weighted by Crippen LogP contribution is -2.42. The zero-order valence-electron chi connectivity index (χ0n) is 11.9. The predicted octanol–water partition coefficient (Wildman–Crippen LogP) is 3.53. The number of amides is 1. The van der Waals surface area contributed by atoms with Gasteiger partial charge in [0.25, 0.3) is 5.91 Å². The first kappa shape index (κ1) is 15.7. The first-order valence-corrected chi connectivity index (χ1v) is 7.11. The lowest BCUT2D eigenvalue weighted by Gasteiger charge is -2.33. The summed E-state index contributed by atoms with van der Waals surface area (Å²) in [4.78, 5) is 13.8. The summed E-state index contributed by atoms with van der Waals surface area (Å²) >= 11 is 0. The average molecular weight is 300 g/mol. The summed E-state index contributed by atoms with van der Waals surface area (Å²) in [5.41, 5.74) is 1.44. The van der Waals surface area contributed by atoms with E-state index >= 15 is 0 Å². The molecule has 1 aliphatic heterocycles. The molecule has 1 aromatic rings. The third-order valence-electron chi connectivity index (χ3n) is 3.76. The number of halogens is 3. The van der Waals surface area contributed by atoms with Gasteiger partial charge in [-0.1, -0.05) is 0 Å². The summed E-state index contributed by atoms with van der Waals surface area (Å²) in [5.74, 6) is -1.48. The highest BCUT2D eigenvalue weighted by Crippen LogP contribution is 2.34. The molecule has 0 saturated carbocycles. The summed E-state index contributed by atoms with van der Waals surface area (Å²) in [6, 6.07) is 7.02. The first-order valence-electron chi connectivity index (χ1n) is 7.11. The van der Waals surface area contributed by atoms with Gasteiger partial charge in [0.15, 0.2) is 0 Å². The third kappa shape index (κ3) is 3.89. The number of nitrogens with one attached hydrogen (secondary N) is 1. The molecule has 0 aromatic heterocycles. The van der Waals surface area contributed by atoms with Crippen LogP contribution in [-0.4, -0.2) is 36.6 Å². The van der Waals surface area contributed by atoms with Crippen LogP contribution in [0.15, 0.2) is 24.3 Å². The molecule has 1 amide bonds. The molecule has 1 aliphatic rings. The Labute approximate surface area is 122 Å². The van der Waals surface area contributed by atoms with Crippen LogP contribution in [0.3, 0.4) is 0 Å². The van der Waals surface area contributed by atoms with Crippen molar-refractivity contribution in [3.8, 4) is 0 Å². The minimum absolute atomic E-state index is 0.00921. The highest BCUT2D eigenvalue weighted by Gasteiger charge is 2.41. The number of hydrogen-bond donors (Lipinski definition) is 1. The van der Waals surface area contributed by atoms with Crippen molar-refractivity contribution in [2.45, 2.75) is 25.9 Å². The molecule has 0 spiro atoms. The second-order valence-corrected chi connectivity index (χ2v) is 5.22. The molecule has 21 heavy (non-hydrogen) atoms. The quantitative estimate of drug-likeness (QED) is 0.926. The van der Waals surface area contributed by atoms with E-state index in [1.54, 1.807) is 24.3 Å². The molecule has 0 atom stereocenters. The minimum Gasteiger partial charge on any atom is -0.385 e. The van der Waals surface area contributed by atoms with Crippen LogP contribution in [0, 0.1) is 5.92 Å². The van der Waals surface area contributed by atoms with Crippen molar-refractivity contribution in [3.63, 3.8) is 0 Å². The number of alkyl halides is 3. The number of carbonyl (C=O) groups is 1. The Kier molecular flexibility index (Phi) is 4.75. The number of piperidine rings is 1. The maximum absolute atomic E-state index is 12.6. The standard InChI is InChI=1S/C15H19F3N2O/c1-2-19-13-5-3-11(4-6-13)14(21)20-9-7-12(8-10-20)15(16,17)18/h3-6,12,19H,2,7-10H2,1H3. The maximum atomic E-state index is 12.6.